The Morgan fingerprint density at radius 2 is 2.14 bits per heavy atom. The number of carbonyl (C=O) groups excluding carboxylic acids is 1. The molecule has 1 amide bonds. The van der Waals surface area contributed by atoms with Crippen LogP contribution in [0.3, 0.4) is 0 Å². The van der Waals surface area contributed by atoms with E-state index in [1.807, 2.05) is 43.0 Å². The van der Waals surface area contributed by atoms with E-state index >= 15 is 0 Å². The van der Waals surface area contributed by atoms with Crippen LogP contribution in [0.2, 0.25) is 0 Å². The van der Waals surface area contributed by atoms with Crippen LogP contribution in [0.15, 0.2) is 24.4 Å². The van der Waals surface area contributed by atoms with Gasteiger partial charge in [-0.1, -0.05) is 13.0 Å². The van der Waals surface area contributed by atoms with Crippen LogP contribution in [0.5, 0.6) is 0 Å². The molecule has 0 saturated heterocycles. The third-order valence-electron chi connectivity index (χ3n) is 3.60. The van der Waals surface area contributed by atoms with E-state index in [1.165, 1.54) is 5.56 Å². The van der Waals surface area contributed by atoms with Crippen LogP contribution < -0.4 is 10.6 Å². The lowest BCUT2D eigenvalue weighted by Crippen LogP contribution is -2.19. The summed E-state index contributed by atoms with van der Waals surface area (Å²) in [4.78, 5) is 11.8. The lowest BCUT2D eigenvalue weighted by atomic mass is 10.1. The first kappa shape index (κ1) is 15.1. The first-order valence-corrected chi connectivity index (χ1v) is 7.13. The average Bonchev–Trinajstić information content (AvgIpc) is 2.85. The number of rotatable bonds is 5. The van der Waals surface area contributed by atoms with Gasteiger partial charge in [0.1, 0.15) is 0 Å². The van der Waals surface area contributed by atoms with Crippen molar-refractivity contribution in [2.24, 2.45) is 7.05 Å². The minimum absolute atomic E-state index is 0.0632. The number of hydrogen-bond donors (Lipinski definition) is 2. The molecular weight excluding hydrogens is 264 g/mol. The number of nitrogens with one attached hydrogen (secondary N) is 2. The number of carbonyl (C=O) groups is 1. The maximum atomic E-state index is 11.8. The molecule has 1 aromatic carbocycles. The van der Waals surface area contributed by atoms with E-state index in [-0.39, 0.29) is 5.91 Å². The van der Waals surface area contributed by atoms with Gasteiger partial charge in [-0.3, -0.25) is 9.48 Å². The summed E-state index contributed by atoms with van der Waals surface area (Å²) in [7, 11) is 3.57. The van der Waals surface area contributed by atoms with Crippen molar-refractivity contribution < 1.29 is 4.79 Å². The molecule has 0 aliphatic carbocycles. The Balaban J connectivity index is 2.18. The summed E-state index contributed by atoms with van der Waals surface area (Å²) in [5.74, 6) is -0.0632. The minimum atomic E-state index is -0.0632. The van der Waals surface area contributed by atoms with Crippen LogP contribution in [0, 0.1) is 6.92 Å². The Kier molecular flexibility index (Phi) is 4.62. The van der Waals surface area contributed by atoms with Gasteiger partial charge in [0.15, 0.2) is 0 Å². The summed E-state index contributed by atoms with van der Waals surface area (Å²) in [5.41, 5.74) is 4.92. The Morgan fingerprint density at radius 3 is 2.81 bits per heavy atom. The van der Waals surface area contributed by atoms with Crippen LogP contribution in [-0.4, -0.2) is 22.7 Å². The zero-order valence-electron chi connectivity index (χ0n) is 13.0. The zero-order chi connectivity index (χ0) is 15.4. The van der Waals surface area contributed by atoms with Crippen LogP contribution >= 0.6 is 0 Å². The van der Waals surface area contributed by atoms with E-state index in [0.29, 0.717) is 12.1 Å². The first-order valence-electron chi connectivity index (χ1n) is 7.13. The van der Waals surface area contributed by atoms with Gasteiger partial charge in [0.05, 0.1) is 5.69 Å². The summed E-state index contributed by atoms with van der Waals surface area (Å²) < 4.78 is 1.84. The molecule has 112 valence electrons. The molecule has 0 saturated carbocycles. The standard InChI is InChI=1S/C16H22N4O/c1-5-14-12(10-20(4)19-14)9-18-15-8-6-7-13(11(15)2)16(21)17-3/h6-8,10,18H,5,9H2,1-4H3,(H,17,21). The Morgan fingerprint density at radius 1 is 1.38 bits per heavy atom. The fraction of sp³-hybridized carbons (Fsp3) is 0.375. The summed E-state index contributed by atoms with van der Waals surface area (Å²) in [6.45, 7) is 4.76. The Bertz CT molecular complexity index is 646. The van der Waals surface area contributed by atoms with Crippen molar-refractivity contribution in [3.63, 3.8) is 0 Å². The molecule has 0 radical (unpaired) electrons. The monoisotopic (exact) mass is 286 g/mol. The molecule has 5 nitrogen and oxygen atoms in total. The van der Waals surface area contributed by atoms with Gasteiger partial charge >= 0.3 is 0 Å². The van der Waals surface area contributed by atoms with Gasteiger partial charge in [-0.2, -0.15) is 5.10 Å². The Hall–Kier alpha value is -2.30. The second-order valence-electron chi connectivity index (χ2n) is 5.04. The molecular formula is C16H22N4O. The fourth-order valence-electron chi connectivity index (χ4n) is 2.43. The fourth-order valence-corrected chi connectivity index (χ4v) is 2.43. The van der Waals surface area contributed by atoms with Gasteiger partial charge < -0.3 is 10.6 Å². The lowest BCUT2D eigenvalue weighted by molar-refractivity contribution is 0.0962. The smallest absolute Gasteiger partial charge is 0.251 e. The van der Waals surface area contributed by atoms with E-state index in [1.54, 1.807) is 7.05 Å². The normalized spacial score (nSPS) is 10.5. The van der Waals surface area contributed by atoms with Crippen molar-refractivity contribution in [2.75, 3.05) is 12.4 Å². The van der Waals surface area contributed by atoms with Crippen LogP contribution in [0.25, 0.3) is 0 Å². The molecule has 0 fully saturated rings. The van der Waals surface area contributed by atoms with Crippen molar-refractivity contribution in [1.82, 2.24) is 15.1 Å². The SMILES string of the molecule is CCc1nn(C)cc1CNc1cccc(C(=O)NC)c1C. The van der Waals surface area contributed by atoms with Gasteiger partial charge in [0.25, 0.3) is 5.91 Å². The molecule has 1 heterocycles. The van der Waals surface area contributed by atoms with Crippen molar-refractivity contribution in [3.8, 4) is 0 Å². The zero-order valence-corrected chi connectivity index (χ0v) is 13.0. The lowest BCUT2D eigenvalue weighted by Gasteiger charge is -2.12. The number of hydrogen-bond acceptors (Lipinski definition) is 3. The number of benzene rings is 1. The van der Waals surface area contributed by atoms with Crippen molar-refractivity contribution in [3.05, 3.63) is 46.8 Å². The average molecular weight is 286 g/mol. The molecule has 0 unspecified atom stereocenters. The molecule has 21 heavy (non-hydrogen) atoms. The van der Waals surface area contributed by atoms with Gasteiger partial charge in [-0.15, -0.1) is 0 Å². The van der Waals surface area contributed by atoms with Gasteiger partial charge in [-0.05, 0) is 31.0 Å². The molecule has 2 N–H and O–H groups in total. The van der Waals surface area contributed by atoms with Crippen LogP contribution in [0.4, 0.5) is 5.69 Å². The summed E-state index contributed by atoms with van der Waals surface area (Å²) >= 11 is 0. The van der Waals surface area contributed by atoms with Gasteiger partial charge in [0, 0.05) is 43.7 Å². The maximum absolute atomic E-state index is 11.8. The van der Waals surface area contributed by atoms with Gasteiger partial charge in [-0.25, -0.2) is 0 Å². The molecule has 0 spiro atoms. The van der Waals surface area contributed by atoms with E-state index in [2.05, 4.69) is 22.7 Å². The van der Waals surface area contributed by atoms with Gasteiger partial charge in [0.2, 0.25) is 0 Å². The predicted molar refractivity (Wildman–Crippen MR) is 84.5 cm³/mol. The van der Waals surface area contributed by atoms with E-state index in [9.17, 15) is 4.79 Å². The Labute approximate surface area is 125 Å². The van der Waals surface area contributed by atoms with Crippen LogP contribution in [0.1, 0.15) is 34.1 Å². The third-order valence-corrected chi connectivity index (χ3v) is 3.60. The molecule has 1 aromatic heterocycles. The highest BCUT2D eigenvalue weighted by Crippen LogP contribution is 2.20. The van der Waals surface area contributed by atoms with Crippen molar-refractivity contribution in [1.29, 1.82) is 0 Å². The number of aromatic nitrogens is 2. The van der Waals surface area contributed by atoms with Crippen molar-refractivity contribution >= 4 is 11.6 Å². The summed E-state index contributed by atoms with van der Waals surface area (Å²) in [6.07, 6.45) is 2.94. The number of anilines is 1. The molecule has 0 aliphatic heterocycles. The highest BCUT2D eigenvalue weighted by atomic mass is 16.1. The number of amides is 1. The first-order chi connectivity index (χ1) is 10.1. The third kappa shape index (κ3) is 3.24. The highest BCUT2D eigenvalue weighted by molar-refractivity contribution is 5.96. The van der Waals surface area contributed by atoms with E-state index in [0.717, 1.165) is 23.4 Å². The quantitative estimate of drug-likeness (QED) is 0.886. The molecule has 0 aliphatic rings. The molecule has 2 aromatic rings. The second-order valence-corrected chi connectivity index (χ2v) is 5.04. The molecule has 2 rings (SSSR count). The minimum Gasteiger partial charge on any atom is -0.381 e. The van der Waals surface area contributed by atoms with E-state index < -0.39 is 0 Å². The number of aryl methyl sites for hydroxylation is 2. The van der Waals surface area contributed by atoms with Crippen molar-refractivity contribution in [2.45, 2.75) is 26.8 Å². The summed E-state index contributed by atoms with van der Waals surface area (Å²) in [6, 6.07) is 5.72. The second kappa shape index (κ2) is 6.43. The number of nitrogens with zero attached hydrogens (tertiary/aromatic N) is 2. The molecule has 5 heteroatoms. The molecule has 0 bridgehead atoms. The molecule has 0 atom stereocenters. The largest absolute Gasteiger partial charge is 0.381 e. The maximum Gasteiger partial charge on any atom is 0.251 e. The summed E-state index contributed by atoms with van der Waals surface area (Å²) in [5, 5.41) is 10.5. The predicted octanol–water partition coefficient (Wildman–Crippen LogP) is 2.26. The van der Waals surface area contributed by atoms with E-state index in [4.69, 9.17) is 0 Å². The van der Waals surface area contributed by atoms with Crippen LogP contribution in [-0.2, 0) is 20.0 Å². The highest BCUT2D eigenvalue weighted by Gasteiger charge is 2.11. The topological polar surface area (TPSA) is 59.0 Å².